The second kappa shape index (κ2) is 3.17. The van der Waals surface area contributed by atoms with E-state index >= 15 is 0 Å². The van der Waals surface area contributed by atoms with Gasteiger partial charge >= 0.3 is 6.09 Å². The minimum Gasteiger partial charge on any atom is -0.465 e. The fourth-order valence-corrected chi connectivity index (χ4v) is 0.134. The van der Waals surface area contributed by atoms with Gasteiger partial charge in [0.05, 0.1) is 0 Å². The van der Waals surface area contributed by atoms with Crippen LogP contribution in [0.2, 0.25) is 0 Å². The van der Waals surface area contributed by atoms with Crippen LogP contribution in [-0.2, 0) is 0 Å². The van der Waals surface area contributed by atoms with Gasteiger partial charge in [-0.3, -0.25) is 4.90 Å². The lowest BCUT2D eigenvalue weighted by molar-refractivity contribution is 0.0973. The van der Waals surface area contributed by atoms with E-state index in [2.05, 4.69) is 0 Å². The molecule has 0 fully saturated rings. The highest BCUT2D eigenvalue weighted by Crippen LogP contribution is 1.88. The molecule has 0 rings (SSSR count). The van der Waals surface area contributed by atoms with Gasteiger partial charge in [-0.05, 0) is 0 Å². The van der Waals surface area contributed by atoms with Crippen molar-refractivity contribution in [3.8, 4) is 0 Å². The Balaban J connectivity index is 3.52. The van der Waals surface area contributed by atoms with Crippen molar-refractivity contribution < 1.29 is 18.7 Å². The van der Waals surface area contributed by atoms with Crippen molar-refractivity contribution in [2.75, 3.05) is 13.6 Å². The van der Waals surface area contributed by atoms with Crippen LogP contribution in [0.3, 0.4) is 0 Å². The van der Waals surface area contributed by atoms with Crippen molar-refractivity contribution in [1.29, 1.82) is 0 Å². The summed E-state index contributed by atoms with van der Waals surface area (Å²) in [6.45, 7) is -2.60. The van der Waals surface area contributed by atoms with Crippen LogP contribution in [0.25, 0.3) is 0 Å². The summed E-state index contributed by atoms with van der Waals surface area (Å²) in [5.74, 6) is 0. The minimum absolute atomic E-state index is 0. The van der Waals surface area contributed by atoms with E-state index in [1.54, 1.807) is 0 Å². The molecule has 0 saturated heterocycles. The van der Waals surface area contributed by atoms with Gasteiger partial charge in [0, 0.05) is 0 Å². The summed E-state index contributed by atoms with van der Waals surface area (Å²) in [5.41, 5.74) is 0. The van der Waals surface area contributed by atoms with Crippen molar-refractivity contribution in [1.82, 2.24) is 4.90 Å². The van der Waals surface area contributed by atoms with Gasteiger partial charge in [0.25, 0.3) is 0 Å². The molecule has 0 aliphatic heterocycles. The average Bonchev–Trinajstić information content (AvgIpc) is 1.69. The summed E-state index contributed by atoms with van der Waals surface area (Å²) in [5, 5.41) is 7.82. The quantitative estimate of drug-likeness (QED) is 0.555. The van der Waals surface area contributed by atoms with Crippen LogP contribution in [0.5, 0.6) is 0 Å². The summed E-state index contributed by atoms with van der Waals surface area (Å²) in [7, 11) is 0. The molecule has 0 aromatic rings. The molecular weight excluding hydrogens is 120 g/mol. The third-order valence-corrected chi connectivity index (χ3v) is 0.559. The smallest absolute Gasteiger partial charge is 0.411 e. The minimum atomic E-state index is -1.59. The van der Waals surface area contributed by atoms with Gasteiger partial charge in [0.2, 0.25) is 0 Å². The van der Waals surface area contributed by atoms with Gasteiger partial charge in [0.15, 0.2) is 13.6 Å². The maximum absolute atomic E-state index is 11.2. The van der Waals surface area contributed by atoms with E-state index < -0.39 is 19.7 Å². The van der Waals surface area contributed by atoms with Crippen molar-refractivity contribution in [2.45, 2.75) is 0 Å². The molecule has 0 unspecified atom stereocenters. The molecule has 0 saturated carbocycles. The SMILES string of the molecule is O=C(O)N(CF)CF. The number of alkyl halides is 2. The first-order valence-corrected chi connectivity index (χ1v) is 1.82. The number of halogens is 2. The molecule has 0 heterocycles. The molecule has 5 heteroatoms. The van der Waals surface area contributed by atoms with Crippen molar-refractivity contribution in [3.63, 3.8) is 0 Å². The van der Waals surface area contributed by atoms with Crippen LogP contribution in [-0.4, -0.2) is 29.7 Å². The molecular formula is C3H5F2NO2. The van der Waals surface area contributed by atoms with Gasteiger partial charge in [-0.25, -0.2) is 13.6 Å². The molecule has 48 valence electrons. The van der Waals surface area contributed by atoms with E-state index in [1.165, 1.54) is 0 Å². The Morgan fingerprint density at radius 3 is 1.88 bits per heavy atom. The Morgan fingerprint density at radius 2 is 1.88 bits per heavy atom. The zero-order chi connectivity index (χ0) is 6.57. The van der Waals surface area contributed by atoms with Gasteiger partial charge in [-0.2, -0.15) is 0 Å². The highest BCUT2D eigenvalue weighted by molar-refractivity contribution is 5.64. The topological polar surface area (TPSA) is 40.5 Å². The zero-order valence-electron chi connectivity index (χ0n) is 3.97. The lowest BCUT2D eigenvalue weighted by atomic mass is 10.9. The highest BCUT2D eigenvalue weighted by Gasteiger charge is 2.07. The number of rotatable bonds is 2. The van der Waals surface area contributed by atoms with Gasteiger partial charge in [-0.15, -0.1) is 0 Å². The number of hydrogen-bond acceptors (Lipinski definition) is 1. The van der Waals surface area contributed by atoms with E-state index in [-0.39, 0.29) is 4.90 Å². The molecule has 1 N–H and O–H groups in total. The van der Waals surface area contributed by atoms with E-state index in [9.17, 15) is 13.6 Å². The molecule has 0 radical (unpaired) electrons. The van der Waals surface area contributed by atoms with Crippen molar-refractivity contribution >= 4 is 6.09 Å². The third-order valence-electron chi connectivity index (χ3n) is 0.559. The summed E-state index contributed by atoms with van der Waals surface area (Å²) in [6.07, 6.45) is -1.59. The predicted octanol–water partition coefficient (Wildman–Crippen LogP) is 0.820. The molecule has 3 nitrogen and oxygen atoms in total. The maximum atomic E-state index is 11.2. The predicted molar refractivity (Wildman–Crippen MR) is 21.8 cm³/mol. The normalized spacial score (nSPS) is 8.75. The van der Waals surface area contributed by atoms with Crippen molar-refractivity contribution in [2.24, 2.45) is 0 Å². The Morgan fingerprint density at radius 1 is 1.50 bits per heavy atom. The van der Waals surface area contributed by atoms with Gasteiger partial charge in [0.1, 0.15) is 0 Å². The number of carboxylic acid groups (broad SMARTS) is 1. The summed E-state index contributed by atoms with van der Waals surface area (Å²) in [6, 6.07) is 0. The molecule has 1 amide bonds. The Kier molecular flexibility index (Phi) is 2.83. The standard InChI is InChI=1S/C3H5F2NO2/c4-1-6(2-5)3(7)8/h1-2H2,(H,7,8). The van der Waals surface area contributed by atoms with Crippen LogP contribution < -0.4 is 0 Å². The molecule has 0 aliphatic carbocycles. The Bertz CT molecular complexity index is 83.4. The molecule has 0 atom stereocenters. The summed E-state index contributed by atoms with van der Waals surface area (Å²) < 4.78 is 22.4. The van der Waals surface area contributed by atoms with Crippen LogP contribution in [0.1, 0.15) is 0 Å². The van der Waals surface area contributed by atoms with Gasteiger partial charge < -0.3 is 5.11 Å². The number of nitrogens with zero attached hydrogens (tertiary/aromatic N) is 1. The van der Waals surface area contributed by atoms with Gasteiger partial charge in [-0.1, -0.05) is 0 Å². The van der Waals surface area contributed by atoms with E-state index in [4.69, 9.17) is 5.11 Å². The first-order valence-electron chi connectivity index (χ1n) is 1.82. The zero-order valence-corrected chi connectivity index (χ0v) is 3.97. The van der Waals surface area contributed by atoms with Crippen molar-refractivity contribution in [3.05, 3.63) is 0 Å². The number of carbonyl (C=O) groups is 1. The first kappa shape index (κ1) is 7.13. The molecule has 0 aliphatic rings. The van der Waals surface area contributed by atoms with Crippen LogP contribution >= 0.6 is 0 Å². The molecule has 0 spiro atoms. The summed E-state index contributed by atoms with van der Waals surface area (Å²) in [4.78, 5) is 9.61. The number of amides is 1. The van der Waals surface area contributed by atoms with E-state index in [0.717, 1.165) is 0 Å². The van der Waals surface area contributed by atoms with Crippen LogP contribution in [0, 0.1) is 0 Å². The Hall–Kier alpha value is -0.870. The lowest BCUT2D eigenvalue weighted by Crippen LogP contribution is -2.27. The monoisotopic (exact) mass is 125 g/mol. The first-order chi connectivity index (χ1) is 3.72. The van der Waals surface area contributed by atoms with Crippen LogP contribution in [0.15, 0.2) is 0 Å². The van der Waals surface area contributed by atoms with E-state index in [1.807, 2.05) is 0 Å². The lowest BCUT2D eigenvalue weighted by Gasteiger charge is -2.07. The maximum Gasteiger partial charge on any atom is 0.411 e. The summed E-state index contributed by atoms with van der Waals surface area (Å²) >= 11 is 0. The second-order valence-electron chi connectivity index (χ2n) is 1.06. The molecule has 8 heavy (non-hydrogen) atoms. The average molecular weight is 125 g/mol. The molecule has 0 bridgehead atoms. The Labute approximate surface area is 44.5 Å². The molecule has 0 aromatic heterocycles. The van der Waals surface area contributed by atoms with Crippen LogP contribution in [0.4, 0.5) is 13.6 Å². The number of hydrogen-bond donors (Lipinski definition) is 1. The highest BCUT2D eigenvalue weighted by atomic mass is 19.1. The fraction of sp³-hybridized carbons (Fsp3) is 0.667. The largest absolute Gasteiger partial charge is 0.465 e. The van der Waals surface area contributed by atoms with E-state index in [0.29, 0.717) is 0 Å². The molecule has 0 aromatic carbocycles. The fourth-order valence-electron chi connectivity index (χ4n) is 0.134. The second-order valence-corrected chi connectivity index (χ2v) is 1.06. The third kappa shape index (κ3) is 1.72.